The highest BCUT2D eigenvalue weighted by Crippen LogP contribution is 2.28. The second-order valence-electron chi connectivity index (χ2n) is 6.02. The van der Waals surface area contributed by atoms with Gasteiger partial charge in [-0.3, -0.25) is 4.98 Å². The third kappa shape index (κ3) is 2.43. The molecule has 110 valence electrons. The molecule has 1 aromatic carbocycles. The Morgan fingerprint density at radius 2 is 1.95 bits per heavy atom. The van der Waals surface area contributed by atoms with Gasteiger partial charge in [-0.1, -0.05) is 18.2 Å². The number of rotatable bonds is 3. The standard InChI is InChI=1S/C19H19N3/c1-14-21-7-8-22(14)13-15-9-19(12-20-11-15)18-6-5-16-3-2-4-17(16)10-18/h5-12H,2-4,13H2,1H3. The minimum Gasteiger partial charge on any atom is -0.331 e. The van der Waals surface area contributed by atoms with Gasteiger partial charge in [0.25, 0.3) is 0 Å². The first-order chi connectivity index (χ1) is 10.8. The van der Waals surface area contributed by atoms with E-state index in [1.54, 1.807) is 0 Å². The molecular formula is C19H19N3. The Morgan fingerprint density at radius 3 is 2.82 bits per heavy atom. The number of fused-ring (bicyclic) bond motifs is 1. The fourth-order valence-corrected chi connectivity index (χ4v) is 3.25. The van der Waals surface area contributed by atoms with Crippen LogP contribution in [-0.4, -0.2) is 14.5 Å². The number of pyridine rings is 1. The monoisotopic (exact) mass is 289 g/mol. The number of nitrogens with zero attached hydrogens (tertiary/aromatic N) is 3. The van der Waals surface area contributed by atoms with Crippen molar-refractivity contribution in [3.8, 4) is 11.1 Å². The molecule has 0 radical (unpaired) electrons. The van der Waals surface area contributed by atoms with Crippen LogP contribution in [0.25, 0.3) is 11.1 Å². The first-order valence-electron chi connectivity index (χ1n) is 7.83. The summed E-state index contributed by atoms with van der Waals surface area (Å²) in [6.07, 6.45) is 11.5. The number of aryl methyl sites for hydroxylation is 3. The molecule has 1 aliphatic rings. The van der Waals surface area contributed by atoms with Crippen LogP contribution >= 0.6 is 0 Å². The molecule has 0 aliphatic heterocycles. The highest BCUT2D eigenvalue weighted by Gasteiger charge is 2.11. The molecule has 0 bridgehead atoms. The predicted molar refractivity (Wildman–Crippen MR) is 87.8 cm³/mol. The molecular weight excluding hydrogens is 270 g/mol. The molecule has 22 heavy (non-hydrogen) atoms. The van der Waals surface area contributed by atoms with Crippen molar-refractivity contribution in [2.45, 2.75) is 32.7 Å². The van der Waals surface area contributed by atoms with Crippen molar-refractivity contribution in [3.63, 3.8) is 0 Å². The summed E-state index contributed by atoms with van der Waals surface area (Å²) in [5.41, 5.74) is 6.71. The highest BCUT2D eigenvalue weighted by molar-refractivity contribution is 5.65. The second-order valence-corrected chi connectivity index (χ2v) is 6.02. The molecule has 3 heteroatoms. The van der Waals surface area contributed by atoms with Crippen molar-refractivity contribution < 1.29 is 0 Å². The predicted octanol–water partition coefficient (Wildman–Crippen LogP) is 3.79. The van der Waals surface area contributed by atoms with Gasteiger partial charge in [-0.25, -0.2) is 4.98 Å². The maximum atomic E-state index is 4.43. The average Bonchev–Trinajstić information content (AvgIpc) is 3.16. The molecule has 0 amide bonds. The smallest absolute Gasteiger partial charge is 0.105 e. The lowest BCUT2D eigenvalue weighted by atomic mass is 10.0. The maximum absolute atomic E-state index is 4.43. The van der Waals surface area contributed by atoms with Crippen LogP contribution in [0.4, 0.5) is 0 Å². The van der Waals surface area contributed by atoms with E-state index < -0.39 is 0 Å². The van der Waals surface area contributed by atoms with Gasteiger partial charge < -0.3 is 4.57 Å². The molecule has 0 fully saturated rings. The zero-order valence-electron chi connectivity index (χ0n) is 12.8. The largest absolute Gasteiger partial charge is 0.331 e. The molecule has 0 saturated carbocycles. The van der Waals surface area contributed by atoms with Crippen LogP contribution in [0.2, 0.25) is 0 Å². The van der Waals surface area contributed by atoms with E-state index in [0.717, 1.165) is 12.4 Å². The van der Waals surface area contributed by atoms with Gasteiger partial charge in [0.15, 0.2) is 0 Å². The molecule has 2 heterocycles. The van der Waals surface area contributed by atoms with Crippen molar-refractivity contribution in [2.75, 3.05) is 0 Å². The summed E-state index contributed by atoms with van der Waals surface area (Å²) in [5, 5.41) is 0. The summed E-state index contributed by atoms with van der Waals surface area (Å²) in [7, 11) is 0. The minimum absolute atomic E-state index is 0.817. The second kappa shape index (κ2) is 5.41. The zero-order valence-corrected chi connectivity index (χ0v) is 12.8. The molecule has 3 aromatic rings. The Hall–Kier alpha value is -2.42. The number of hydrogen-bond acceptors (Lipinski definition) is 2. The molecule has 0 atom stereocenters. The van der Waals surface area contributed by atoms with Gasteiger partial charge in [-0.2, -0.15) is 0 Å². The molecule has 0 unspecified atom stereocenters. The molecule has 0 spiro atoms. The lowest BCUT2D eigenvalue weighted by Gasteiger charge is -2.09. The maximum Gasteiger partial charge on any atom is 0.105 e. The van der Waals surface area contributed by atoms with Crippen LogP contribution in [-0.2, 0) is 19.4 Å². The number of imidazole rings is 1. The van der Waals surface area contributed by atoms with Gasteiger partial charge in [-0.05, 0) is 54.5 Å². The van der Waals surface area contributed by atoms with Crippen LogP contribution in [0.1, 0.15) is 28.9 Å². The summed E-state index contributed by atoms with van der Waals surface area (Å²) in [6.45, 7) is 2.84. The summed E-state index contributed by atoms with van der Waals surface area (Å²) in [6, 6.07) is 9.09. The Kier molecular flexibility index (Phi) is 3.26. The Bertz CT molecular complexity index is 817. The first-order valence-corrected chi connectivity index (χ1v) is 7.83. The van der Waals surface area contributed by atoms with Gasteiger partial charge in [-0.15, -0.1) is 0 Å². The number of aromatic nitrogens is 3. The van der Waals surface area contributed by atoms with Gasteiger partial charge in [0.2, 0.25) is 0 Å². The van der Waals surface area contributed by atoms with Crippen molar-refractivity contribution >= 4 is 0 Å². The topological polar surface area (TPSA) is 30.7 Å². The number of hydrogen-bond donors (Lipinski definition) is 0. The summed E-state index contributed by atoms with van der Waals surface area (Å²) < 4.78 is 2.14. The molecule has 0 saturated heterocycles. The van der Waals surface area contributed by atoms with E-state index in [4.69, 9.17) is 0 Å². The lowest BCUT2D eigenvalue weighted by molar-refractivity contribution is 0.759. The SMILES string of the molecule is Cc1nccn1Cc1cncc(-c2ccc3c(c2)CCC3)c1. The van der Waals surface area contributed by atoms with Crippen LogP contribution in [0.3, 0.4) is 0 Å². The van der Waals surface area contributed by atoms with E-state index in [0.29, 0.717) is 0 Å². The van der Waals surface area contributed by atoms with Crippen LogP contribution in [0, 0.1) is 6.92 Å². The third-order valence-corrected chi connectivity index (χ3v) is 4.50. The normalized spacial score (nSPS) is 13.3. The highest BCUT2D eigenvalue weighted by atomic mass is 15.0. The molecule has 3 nitrogen and oxygen atoms in total. The van der Waals surface area contributed by atoms with Crippen molar-refractivity contribution in [1.82, 2.24) is 14.5 Å². The van der Waals surface area contributed by atoms with E-state index >= 15 is 0 Å². The van der Waals surface area contributed by atoms with Gasteiger partial charge in [0.05, 0.1) is 6.54 Å². The molecule has 4 rings (SSSR count). The fourth-order valence-electron chi connectivity index (χ4n) is 3.25. The van der Waals surface area contributed by atoms with Gasteiger partial charge in [0, 0.05) is 30.4 Å². The first kappa shape index (κ1) is 13.3. The average molecular weight is 289 g/mol. The fraction of sp³-hybridized carbons (Fsp3) is 0.263. The van der Waals surface area contributed by atoms with Crippen LogP contribution in [0.5, 0.6) is 0 Å². The van der Waals surface area contributed by atoms with E-state index in [1.807, 2.05) is 31.7 Å². The lowest BCUT2D eigenvalue weighted by Crippen LogP contribution is -2.01. The Labute approximate surface area is 130 Å². The molecule has 2 aromatic heterocycles. The summed E-state index contributed by atoms with van der Waals surface area (Å²) >= 11 is 0. The number of benzene rings is 1. The quantitative estimate of drug-likeness (QED) is 0.734. The van der Waals surface area contributed by atoms with Crippen molar-refractivity contribution in [2.24, 2.45) is 0 Å². The zero-order chi connectivity index (χ0) is 14.9. The van der Waals surface area contributed by atoms with Crippen molar-refractivity contribution in [3.05, 3.63) is 71.6 Å². The van der Waals surface area contributed by atoms with Crippen molar-refractivity contribution in [1.29, 1.82) is 0 Å². The van der Waals surface area contributed by atoms with E-state index in [1.165, 1.54) is 47.1 Å². The van der Waals surface area contributed by atoms with Gasteiger partial charge >= 0.3 is 0 Å². The molecule has 1 aliphatic carbocycles. The third-order valence-electron chi connectivity index (χ3n) is 4.50. The molecule has 0 N–H and O–H groups in total. The van der Waals surface area contributed by atoms with Gasteiger partial charge in [0.1, 0.15) is 5.82 Å². The Balaban J connectivity index is 1.65. The summed E-state index contributed by atoms with van der Waals surface area (Å²) in [4.78, 5) is 8.71. The van der Waals surface area contributed by atoms with E-state index in [9.17, 15) is 0 Å². The minimum atomic E-state index is 0.817. The van der Waals surface area contributed by atoms with E-state index in [2.05, 4.69) is 38.8 Å². The van der Waals surface area contributed by atoms with Crippen LogP contribution in [0.15, 0.2) is 49.1 Å². The van der Waals surface area contributed by atoms with E-state index in [-0.39, 0.29) is 0 Å². The summed E-state index contributed by atoms with van der Waals surface area (Å²) in [5.74, 6) is 1.03. The van der Waals surface area contributed by atoms with Crippen LogP contribution < -0.4 is 0 Å². The Morgan fingerprint density at radius 1 is 1.05 bits per heavy atom.